The maximum Gasteiger partial charge on any atom is 0.243 e. The molecule has 1 fully saturated rings. The molecule has 6 nitrogen and oxygen atoms in total. The van der Waals surface area contributed by atoms with Gasteiger partial charge in [0.25, 0.3) is 0 Å². The average molecular weight is 285 g/mol. The quantitative estimate of drug-likeness (QED) is 0.790. The van der Waals surface area contributed by atoms with Crippen LogP contribution in [0.25, 0.3) is 0 Å². The van der Waals surface area contributed by atoms with Crippen LogP contribution in [0.5, 0.6) is 11.5 Å². The van der Waals surface area contributed by atoms with Gasteiger partial charge in [-0.05, 0) is 12.1 Å². The topological polar surface area (TPSA) is 65.1 Å². The Morgan fingerprint density at radius 2 is 1.63 bits per heavy atom. The average Bonchev–Trinajstić information content (AvgIpc) is 2.47. The summed E-state index contributed by atoms with van der Waals surface area (Å²) in [6.07, 6.45) is 0. The fourth-order valence-corrected chi connectivity index (χ4v) is 3.54. The van der Waals surface area contributed by atoms with Gasteiger partial charge >= 0.3 is 0 Å². The van der Waals surface area contributed by atoms with Crippen LogP contribution in [0.3, 0.4) is 0 Å². The Bertz CT molecular complexity index is 565. The van der Waals surface area contributed by atoms with E-state index in [9.17, 15) is 8.42 Å². The van der Waals surface area contributed by atoms with Crippen LogP contribution in [0.15, 0.2) is 23.1 Å². The van der Waals surface area contributed by atoms with Crippen LogP contribution >= 0.6 is 0 Å². The lowest BCUT2D eigenvalue weighted by Gasteiger charge is -2.26. The Morgan fingerprint density at radius 1 is 0.947 bits per heavy atom. The van der Waals surface area contributed by atoms with Crippen molar-refractivity contribution in [3.63, 3.8) is 0 Å². The number of morpholine rings is 1. The predicted octanol–water partition coefficient (Wildman–Crippen LogP) is 0.479. The second-order valence-corrected chi connectivity index (χ2v) is 6.26. The number of hydrogen-bond acceptors (Lipinski definition) is 5. The first-order valence-electron chi connectivity index (χ1n) is 6.15. The molecule has 0 unspecified atom stereocenters. The zero-order valence-corrected chi connectivity index (χ0v) is 11.2. The summed E-state index contributed by atoms with van der Waals surface area (Å²) < 4.78 is 42.3. The Morgan fingerprint density at radius 3 is 2.37 bits per heavy atom. The highest BCUT2D eigenvalue weighted by molar-refractivity contribution is 7.89. The summed E-state index contributed by atoms with van der Waals surface area (Å²) in [5.41, 5.74) is 0. The van der Waals surface area contributed by atoms with Crippen molar-refractivity contribution in [1.82, 2.24) is 4.31 Å². The minimum atomic E-state index is -3.48. The van der Waals surface area contributed by atoms with E-state index in [0.717, 1.165) is 0 Å². The number of sulfonamides is 1. The molecule has 1 aromatic carbocycles. The minimum Gasteiger partial charge on any atom is -0.486 e. The summed E-state index contributed by atoms with van der Waals surface area (Å²) in [7, 11) is -3.48. The first-order valence-corrected chi connectivity index (χ1v) is 7.59. The van der Waals surface area contributed by atoms with Crippen LogP contribution in [0.2, 0.25) is 0 Å². The number of rotatable bonds is 2. The monoisotopic (exact) mass is 285 g/mol. The van der Waals surface area contributed by atoms with Gasteiger partial charge in [0, 0.05) is 19.2 Å². The van der Waals surface area contributed by atoms with Crippen molar-refractivity contribution in [3.8, 4) is 11.5 Å². The van der Waals surface area contributed by atoms with E-state index in [1.54, 1.807) is 12.1 Å². The summed E-state index contributed by atoms with van der Waals surface area (Å²) in [4.78, 5) is 0.235. The molecule has 1 saturated heterocycles. The standard InChI is InChI=1S/C12H15NO5S/c14-19(15,13-3-5-16-6-4-13)10-1-2-11-12(9-10)18-8-7-17-11/h1-2,9H,3-8H2. The second kappa shape index (κ2) is 4.99. The van der Waals surface area contributed by atoms with Crippen molar-refractivity contribution in [2.75, 3.05) is 39.5 Å². The molecule has 0 radical (unpaired) electrons. The van der Waals surface area contributed by atoms with Crippen LogP contribution in [0, 0.1) is 0 Å². The molecule has 0 amide bonds. The van der Waals surface area contributed by atoms with Gasteiger partial charge < -0.3 is 14.2 Å². The molecule has 0 saturated carbocycles. The summed E-state index contributed by atoms with van der Waals surface area (Å²) in [5, 5.41) is 0. The SMILES string of the molecule is O=S(=O)(c1ccc2c(c1)OCCO2)N1CCOCC1. The molecule has 0 atom stereocenters. The van der Waals surface area contributed by atoms with E-state index < -0.39 is 10.0 Å². The molecule has 1 aromatic rings. The molecule has 7 heteroatoms. The van der Waals surface area contributed by atoms with Gasteiger partial charge in [-0.3, -0.25) is 0 Å². The van der Waals surface area contributed by atoms with Gasteiger partial charge in [-0.15, -0.1) is 0 Å². The molecular weight excluding hydrogens is 270 g/mol. The van der Waals surface area contributed by atoms with Gasteiger partial charge in [-0.1, -0.05) is 0 Å². The second-order valence-electron chi connectivity index (χ2n) is 4.32. The summed E-state index contributed by atoms with van der Waals surface area (Å²) in [5.74, 6) is 1.08. The molecule has 0 aromatic heterocycles. The van der Waals surface area contributed by atoms with Crippen molar-refractivity contribution in [1.29, 1.82) is 0 Å². The number of ether oxygens (including phenoxy) is 3. The zero-order chi connectivity index (χ0) is 13.3. The lowest BCUT2D eigenvalue weighted by atomic mass is 10.3. The Balaban J connectivity index is 1.92. The van der Waals surface area contributed by atoms with Crippen molar-refractivity contribution in [3.05, 3.63) is 18.2 Å². The number of fused-ring (bicyclic) bond motifs is 1. The highest BCUT2D eigenvalue weighted by Gasteiger charge is 2.27. The van der Waals surface area contributed by atoms with Gasteiger partial charge in [0.05, 0.1) is 18.1 Å². The lowest BCUT2D eigenvalue weighted by molar-refractivity contribution is 0.0730. The normalized spacial score (nSPS) is 20.2. The van der Waals surface area contributed by atoms with Crippen LogP contribution in [0.4, 0.5) is 0 Å². The fourth-order valence-electron chi connectivity index (χ4n) is 2.12. The van der Waals surface area contributed by atoms with E-state index in [0.29, 0.717) is 51.0 Å². The third kappa shape index (κ3) is 2.41. The first-order chi connectivity index (χ1) is 9.18. The van der Waals surface area contributed by atoms with E-state index in [1.165, 1.54) is 10.4 Å². The zero-order valence-electron chi connectivity index (χ0n) is 10.4. The molecule has 0 bridgehead atoms. The highest BCUT2D eigenvalue weighted by Crippen LogP contribution is 2.33. The molecule has 2 aliphatic rings. The molecule has 0 spiro atoms. The van der Waals surface area contributed by atoms with Gasteiger partial charge in [0.15, 0.2) is 11.5 Å². The van der Waals surface area contributed by atoms with Gasteiger partial charge in [0.1, 0.15) is 13.2 Å². The van der Waals surface area contributed by atoms with E-state index in [4.69, 9.17) is 14.2 Å². The molecular formula is C12H15NO5S. The van der Waals surface area contributed by atoms with Crippen molar-refractivity contribution in [2.45, 2.75) is 4.90 Å². The number of nitrogens with zero attached hydrogens (tertiary/aromatic N) is 1. The summed E-state index contributed by atoms with van der Waals surface area (Å²) in [6.45, 7) is 2.57. The predicted molar refractivity (Wildman–Crippen MR) is 67.0 cm³/mol. The van der Waals surface area contributed by atoms with Crippen molar-refractivity contribution < 1.29 is 22.6 Å². The van der Waals surface area contributed by atoms with E-state index in [-0.39, 0.29) is 4.90 Å². The van der Waals surface area contributed by atoms with E-state index in [1.807, 2.05) is 0 Å². The highest BCUT2D eigenvalue weighted by atomic mass is 32.2. The number of hydrogen-bond donors (Lipinski definition) is 0. The largest absolute Gasteiger partial charge is 0.486 e. The van der Waals surface area contributed by atoms with Crippen LogP contribution in [-0.2, 0) is 14.8 Å². The maximum atomic E-state index is 12.4. The molecule has 2 aliphatic heterocycles. The van der Waals surface area contributed by atoms with Crippen molar-refractivity contribution in [2.24, 2.45) is 0 Å². The van der Waals surface area contributed by atoms with Crippen LogP contribution in [-0.4, -0.2) is 52.2 Å². The molecule has 3 rings (SSSR count). The van der Waals surface area contributed by atoms with E-state index in [2.05, 4.69) is 0 Å². The summed E-state index contributed by atoms with van der Waals surface area (Å²) in [6, 6.07) is 4.72. The molecule has 2 heterocycles. The first kappa shape index (κ1) is 12.7. The van der Waals surface area contributed by atoms with Crippen LogP contribution in [0.1, 0.15) is 0 Å². The van der Waals surface area contributed by atoms with Gasteiger partial charge in [-0.2, -0.15) is 4.31 Å². The molecule has 0 N–H and O–H groups in total. The lowest BCUT2D eigenvalue weighted by Crippen LogP contribution is -2.40. The maximum absolute atomic E-state index is 12.4. The third-order valence-corrected chi connectivity index (χ3v) is 5.02. The minimum absolute atomic E-state index is 0.235. The molecule has 104 valence electrons. The van der Waals surface area contributed by atoms with Gasteiger partial charge in [-0.25, -0.2) is 8.42 Å². The summed E-state index contributed by atoms with van der Waals surface area (Å²) >= 11 is 0. The Hall–Kier alpha value is -1.31. The molecule has 0 aliphatic carbocycles. The van der Waals surface area contributed by atoms with Gasteiger partial charge in [0.2, 0.25) is 10.0 Å². The smallest absolute Gasteiger partial charge is 0.243 e. The van der Waals surface area contributed by atoms with Crippen LogP contribution < -0.4 is 9.47 Å². The van der Waals surface area contributed by atoms with E-state index >= 15 is 0 Å². The van der Waals surface area contributed by atoms with Crippen molar-refractivity contribution >= 4 is 10.0 Å². The third-order valence-electron chi connectivity index (χ3n) is 3.12. The Kier molecular flexibility index (Phi) is 3.34. The fraction of sp³-hybridized carbons (Fsp3) is 0.500. The number of benzene rings is 1. The molecule has 19 heavy (non-hydrogen) atoms. The Labute approximate surface area is 111 Å².